The number of phenols is 1. The van der Waals surface area contributed by atoms with Crippen molar-refractivity contribution in [1.29, 1.82) is 0 Å². The van der Waals surface area contributed by atoms with Crippen LogP contribution in [0.1, 0.15) is 38.3 Å². The van der Waals surface area contributed by atoms with Crippen LogP contribution in [0.5, 0.6) is 5.75 Å². The minimum atomic E-state index is -0.872. The van der Waals surface area contributed by atoms with Crippen LogP contribution < -0.4 is 10.6 Å². The van der Waals surface area contributed by atoms with E-state index in [2.05, 4.69) is 10.6 Å². The molecule has 2 heterocycles. The van der Waals surface area contributed by atoms with E-state index >= 15 is 0 Å². The zero-order chi connectivity index (χ0) is 24.5. The molecule has 0 aromatic heterocycles. The predicted molar refractivity (Wildman–Crippen MR) is 129 cm³/mol. The van der Waals surface area contributed by atoms with Crippen molar-refractivity contribution in [2.45, 2.75) is 18.5 Å². The van der Waals surface area contributed by atoms with E-state index in [1.807, 2.05) is 12.2 Å². The lowest BCUT2D eigenvalue weighted by Gasteiger charge is -2.25. The third-order valence-electron chi connectivity index (χ3n) is 6.22. The molecule has 3 amide bonds. The highest BCUT2D eigenvalue weighted by molar-refractivity contribution is 6.11. The number of amides is 3. The van der Waals surface area contributed by atoms with Crippen molar-refractivity contribution in [2.24, 2.45) is 0 Å². The molecule has 0 bridgehead atoms. The van der Waals surface area contributed by atoms with E-state index in [4.69, 9.17) is 0 Å². The van der Waals surface area contributed by atoms with Gasteiger partial charge in [0.15, 0.2) is 0 Å². The van der Waals surface area contributed by atoms with Crippen molar-refractivity contribution in [3.8, 4) is 5.75 Å². The molecule has 2 unspecified atom stereocenters. The number of rotatable bonds is 4. The number of nitrogens with one attached hydrogen (secondary N) is 2. The van der Waals surface area contributed by atoms with Crippen LogP contribution >= 0.6 is 0 Å². The van der Waals surface area contributed by atoms with E-state index in [0.29, 0.717) is 24.2 Å². The Morgan fingerprint density at radius 2 is 1.77 bits per heavy atom. The van der Waals surface area contributed by atoms with Gasteiger partial charge in [-0.3, -0.25) is 14.4 Å². The van der Waals surface area contributed by atoms with Gasteiger partial charge in [-0.05, 0) is 60.0 Å². The van der Waals surface area contributed by atoms with Gasteiger partial charge in [-0.15, -0.1) is 0 Å². The number of aromatic hydroxyl groups is 1. The highest BCUT2D eigenvalue weighted by atomic mass is 19.1. The zero-order valence-corrected chi connectivity index (χ0v) is 18.6. The van der Waals surface area contributed by atoms with Crippen LogP contribution in [-0.2, 0) is 4.79 Å². The minimum Gasteiger partial charge on any atom is -0.508 e. The van der Waals surface area contributed by atoms with E-state index in [9.17, 15) is 23.9 Å². The van der Waals surface area contributed by atoms with Crippen molar-refractivity contribution in [3.05, 3.63) is 94.8 Å². The number of carbonyl (C=O) groups excluding carboxylic acids is 3. The van der Waals surface area contributed by atoms with Gasteiger partial charge in [-0.2, -0.15) is 0 Å². The van der Waals surface area contributed by atoms with Gasteiger partial charge >= 0.3 is 0 Å². The molecule has 3 aromatic rings. The molecule has 8 heteroatoms. The molecular formula is C27H22FN3O4. The largest absolute Gasteiger partial charge is 0.508 e. The van der Waals surface area contributed by atoms with Gasteiger partial charge in [0.2, 0.25) is 5.91 Å². The lowest BCUT2D eigenvalue weighted by molar-refractivity contribution is -0.120. The van der Waals surface area contributed by atoms with E-state index in [0.717, 1.165) is 17.2 Å². The number of phenolic OH excluding ortho intramolecular Hbond substituents is 1. The van der Waals surface area contributed by atoms with Crippen LogP contribution in [0.2, 0.25) is 0 Å². The first kappa shape index (κ1) is 22.3. The lowest BCUT2D eigenvalue weighted by atomic mass is 10.1. The maximum absolute atomic E-state index is 13.5. The van der Waals surface area contributed by atoms with Crippen LogP contribution in [0.3, 0.4) is 0 Å². The number of anilines is 1. The predicted octanol–water partition coefficient (Wildman–Crippen LogP) is 3.67. The molecule has 35 heavy (non-hydrogen) atoms. The number of benzene rings is 3. The molecule has 2 aliphatic heterocycles. The maximum Gasteiger partial charge on any atom is 0.256 e. The number of carbonyl (C=O) groups is 3. The number of halogens is 1. The first-order valence-corrected chi connectivity index (χ1v) is 11.2. The summed E-state index contributed by atoms with van der Waals surface area (Å²) >= 11 is 0. The van der Waals surface area contributed by atoms with Crippen molar-refractivity contribution < 1.29 is 23.9 Å². The molecule has 0 saturated carbocycles. The van der Waals surface area contributed by atoms with Gasteiger partial charge in [0.1, 0.15) is 17.6 Å². The molecule has 7 nitrogen and oxygen atoms in total. The monoisotopic (exact) mass is 471 g/mol. The molecular weight excluding hydrogens is 449 g/mol. The quantitative estimate of drug-likeness (QED) is 0.506. The van der Waals surface area contributed by atoms with E-state index in [1.54, 1.807) is 42.5 Å². The lowest BCUT2D eigenvalue weighted by Crippen LogP contribution is -2.51. The minimum absolute atomic E-state index is 0.150. The van der Waals surface area contributed by atoms with Gasteiger partial charge in [0.25, 0.3) is 11.8 Å². The van der Waals surface area contributed by atoms with Crippen molar-refractivity contribution >= 4 is 35.6 Å². The Kier molecular flexibility index (Phi) is 5.78. The fourth-order valence-corrected chi connectivity index (χ4v) is 4.47. The Labute approximate surface area is 200 Å². The normalized spacial score (nSPS) is 19.2. The van der Waals surface area contributed by atoms with Crippen LogP contribution in [0.15, 0.2) is 66.7 Å². The summed E-state index contributed by atoms with van der Waals surface area (Å²) in [5.74, 6) is -1.53. The molecule has 5 rings (SSSR count). The second-order valence-corrected chi connectivity index (χ2v) is 8.54. The van der Waals surface area contributed by atoms with Crippen molar-refractivity contribution in [1.82, 2.24) is 10.2 Å². The van der Waals surface area contributed by atoms with Gasteiger partial charge in [0.05, 0.1) is 17.3 Å². The Balaban J connectivity index is 1.37. The van der Waals surface area contributed by atoms with Crippen LogP contribution in [0, 0.1) is 5.82 Å². The van der Waals surface area contributed by atoms with Crippen LogP contribution in [0.25, 0.3) is 12.2 Å². The first-order chi connectivity index (χ1) is 16.9. The highest BCUT2D eigenvalue weighted by Gasteiger charge is 2.45. The Morgan fingerprint density at radius 3 is 2.54 bits per heavy atom. The van der Waals surface area contributed by atoms with Crippen molar-refractivity contribution in [3.63, 3.8) is 0 Å². The molecule has 0 spiro atoms. The summed E-state index contributed by atoms with van der Waals surface area (Å²) in [6.07, 6.45) is 4.11. The molecule has 0 radical (unpaired) electrons. The van der Waals surface area contributed by atoms with Gasteiger partial charge in [-0.1, -0.05) is 36.4 Å². The SMILES string of the molecule is O=C(NC1CCN2C(=O)c3cc(C=Cc4ccc(O)cc4)ccc3NC(=O)C12)c1cccc(F)c1. The first-order valence-electron chi connectivity index (χ1n) is 11.2. The molecule has 3 aromatic carbocycles. The third-order valence-corrected chi connectivity index (χ3v) is 6.22. The number of hydrogen-bond acceptors (Lipinski definition) is 4. The Hall–Kier alpha value is -4.46. The second-order valence-electron chi connectivity index (χ2n) is 8.54. The van der Waals surface area contributed by atoms with Crippen molar-refractivity contribution in [2.75, 3.05) is 11.9 Å². The summed E-state index contributed by atoms with van der Waals surface area (Å²) in [7, 11) is 0. The summed E-state index contributed by atoms with van der Waals surface area (Å²) in [5, 5.41) is 15.0. The van der Waals surface area contributed by atoms with Crippen LogP contribution in [0.4, 0.5) is 10.1 Å². The number of fused-ring (bicyclic) bond motifs is 2. The number of nitrogens with zero attached hydrogens (tertiary/aromatic N) is 1. The average molecular weight is 471 g/mol. The molecule has 1 fully saturated rings. The van der Waals surface area contributed by atoms with Gasteiger partial charge in [-0.25, -0.2) is 4.39 Å². The fourth-order valence-electron chi connectivity index (χ4n) is 4.47. The second kappa shape index (κ2) is 9.06. The topological polar surface area (TPSA) is 98.7 Å². The molecule has 2 atom stereocenters. The molecule has 1 saturated heterocycles. The van der Waals surface area contributed by atoms with E-state index in [-0.39, 0.29) is 23.1 Å². The van der Waals surface area contributed by atoms with Crippen LogP contribution in [-0.4, -0.2) is 46.4 Å². The summed E-state index contributed by atoms with van der Waals surface area (Å²) in [6.45, 7) is 0.304. The Morgan fingerprint density at radius 1 is 1.03 bits per heavy atom. The molecule has 0 aliphatic carbocycles. The number of hydrogen-bond donors (Lipinski definition) is 3. The maximum atomic E-state index is 13.5. The molecule has 2 aliphatic rings. The van der Waals surface area contributed by atoms with E-state index in [1.165, 1.54) is 23.1 Å². The fraction of sp³-hybridized carbons (Fsp3) is 0.148. The summed E-state index contributed by atoms with van der Waals surface area (Å²) in [6, 6.07) is 15.8. The Bertz CT molecular complexity index is 1350. The standard InChI is InChI=1S/C27H22FN3O4/c28-19-3-1-2-18(15-19)25(33)30-23-12-13-31-24(23)26(34)29-22-11-8-17(14-21(22)27(31)35)5-4-16-6-9-20(32)10-7-16/h1-11,14-15,23-24,32H,12-13H2,(H,29,34)(H,30,33). The summed E-state index contributed by atoms with van der Waals surface area (Å²) < 4.78 is 13.5. The highest BCUT2D eigenvalue weighted by Crippen LogP contribution is 2.30. The summed E-state index contributed by atoms with van der Waals surface area (Å²) in [5.41, 5.74) is 2.58. The third kappa shape index (κ3) is 4.50. The average Bonchev–Trinajstić information content (AvgIpc) is 3.23. The van der Waals surface area contributed by atoms with Gasteiger partial charge < -0.3 is 20.6 Å². The zero-order valence-electron chi connectivity index (χ0n) is 18.6. The van der Waals surface area contributed by atoms with Gasteiger partial charge in [0, 0.05) is 12.1 Å². The molecule has 3 N–H and O–H groups in total. The smallest absolute Gasteiger partial charge is 0.256 e. The summed E-state index contributed by atoms with van der Waals surface area (Å²) in [4.78, 5) is 40.6. The molecule has 176 valence electrons. The van der Waals surface area contributed by atoms with E-state index < -0.39 is 23.8 Å².